The lowest BCUT2D eigenvalue weighted by Gasteiger charge is -2.46. The van der Waals surface area contributed by atoms with Crippen LogP contribution in [0, 0.1) is 10.1 Å². The summed E-state index contributed by atoms with van der Waals surface area (Å²) < 4.78 is 16.1. The molecule has 2 aliphatic rings. The Bertz CT molecular complexity index is 881. The summed E-state index contributed by atoms with van der Waals surface area (Å²) >= 11 is 0. The molecule has 2 aliphatic heterocycles. The number of aliphatic hydroxyl groups is 7. The Kier molecular flexibility index (Phi) is 8.54. The summed E-state index contributed by atoms with van der Waals surface area (Å²) in [6.07, 6.45) is -16.3. The molecule has 2 saturated heterocycles. The number of nitro groups is 1. The predicted octanol–water partition coefficient (Wildman–Crippen LogP) is -3.67. The van der Waals surface area contributed by atoms with Crippen molar-refractivity contribution < 1.29 is 64.8 Å². The maximum absolute atomic E-state index is 11.3. The fourth-order valence-electron chi connectivity index (χ4n) is 3.80. The van der Waals surface area contributed by atoms with Gasteiger partial charge in [-0.05, 0) is 6.07 Å². The van der Waals surface area contributed by atoms with Gasteiger partial charge in [0.2, 0.25) is 0 Å². The monoisotopic (exact) mass is 506 g/mol. The minimum Gasteiger partial charge on any atom is -0.478 e. The highest BCUT2D eigenvalue weighted by Gasteiger charge is 2.50. The van der Waals surface area contributed by atoms with Crippen molar-refractivity contribution in [1.29, 1.82) is 0 Å². The molecule has 0 aromatic heterocycles. The number of carboxylic acids is 1. The van der Waals surface area contributed by atoms with Crippen LogP contribution in [-0.2, 0) is 14.2 Å². The summed E-state index contributed by atoms with van der Waals surface area (Å²) in [7, 11) is 0. The lowest BCUT2D eigenvalue weighted by atomic mass is 9.96. The molecule has 0 radical (unpaired) electrons. The second-order valence-electron chi connectivity index (χ2n) is 8.03. The van der Waals surface area contributed by atoms with Crippen molar-refractivity contribution in [1.82, 2.24) is 0 Å². The van der Waals surface area contributed by atoms with E-state index in [1.54, 1.807) is 0 Å². The first kappa shape index (κ1) is 27.1. The maximum Gasteiger partial charge on any atom is 0.336 e. The Morgan fingerprint density at radius 3 is 2.17 bits per heavy atom. The number of nitrogens with one attached hydrogen (secondary N) is 1. The Balaban J connectivity index is 1.78. The Labute approximate surface area is 196 Å². The van der Waals surface area contributed by atoms with Gasteiger partial charge in [0.15, 0.2) is 12.5 Å². The number of rotatable bonds is 8. The molecule has 3 rings (SSSR count). The van der Waals surface area contributed by atoms with E-state index in [4.69, 9.17) is 14.2 Å². The Hall–Kier alpha value is -2.51. The van der Waals surface area contributed by atoms with E-state index in [0.29, 0.717) is 0 Å². The molecule has 0 unspecified atom stereocenters. The number of carboxylic acid groups (broad SMARTS) is 1. The van der Waals surface area contributed by atoms with Crippen molar-refractivity contribution in [2.24, 2.45) is 0 Å². The van der Waals surface area contributed by atoms with Crippen molar-refractivity contribution in [3.05, 3.63) is 33.9 Å². The van der Waals surface area contributed by atoms with E-state index in [0.717, 1.165) is 18.2 Å². The number of ether oxygens (including phenoxy) is 3. The summed E-state index contributed by atoms with van der Waals surface area (Å²) in [6.45, 7) is -1.53. The highest BCUT2D eigenvalue weighted by molar-refractivity contribution is 5.90. The molecule has 16 heteroatoms. The van der Waals surface area contributed by atoms with Crippen LogP contribution in [0.2, 0.25) is 0 Å². The van der Waals surface area contributed by atoms with Crippen molar-refractivity contribution in [3.63, 3.8) is 0 Å². The van der Waals surface area contributed by atoms with Crippen LogP contribution in [0.3, 0.4) is 0 Å². The van der Waals surface area contributed by atoms with E-state index >= 15 is 0 Å². The fraction of sp³-hybridized carbons (Fsp3) is 0.632. The summed E-state index contributed by atoms with van der Waals surface area (Å²) in [6, 6.07) is 2.82. The lowest BCUT2D eigenvalue weighted by Crippen LogP contribution is -2.65. The summed E-state index contributed by atoms with van der Waals surface area (Å²) in [5.41, 5.74) is -1.14. The molecule has 10 atom stereocenters. The molecule has 0 saturated carbocycles. The highest BCUT2D eigenvalue weighted by atomic mass is 16.7. The number of anilines is 1. The molecule has 196 valence electrons. The van der Waals surface area contributed by atoms with Crippen molar-refractivity contribution >= 4 is 17.3 Å². The van der Waals surface area contributed by atoms with E-state index in [2.05, 4.69) is 5.32 Å². The van der Waals surface area contributed by atoms with Gasteiger partial charge in [-0.2, -0.15) is 0 Å². The van der Waals surface area contributed by atoms with E-state index < -0.39 is 96.7 Å². The quantitative estimate of drug-likeness (QED) is 0.121. The second kappa shape index (κ2) is 11.0. The van der Waals surface area contributed by atoms with E-state index in [9.17, 15) is 55.8 Å². The van der Waals surface area contributed by atoms with Gasteiger partial charge in [-0.1, -0.05) is 0 Å². The van der Waals surface area contributed by atoms with Gasteiger partial charge < -0.3 is 60.4 Å². The smallest absolute Gasteiger partial charge is 0.336 e. The molecule has 0 aliphatic carbocycles. The normalized spacial score (nSPS) is 37.6. The van der Waals surface area contributed by atoms with Gasteiger partial charge in [-0.25, -0.2) is 4.79 Å². The van der Waals surface area contributed by atoms with Gasteiger partial charge in [-0.15, -0.1) is 0 Å². The number of aromatic carboxylic acids is 1. The number of nitro benzene ring substituents is 1. The number of benzene rings is 1. The first-order valence-electron chi connectivity index (χ1n) is 10.4. The SMILES string of the molecule is O=C(O)c1cc(N[C@H]2O[C@@H](CO)[C@@H](O[C@H]3O[C@@H](CO)[C@@H](O)[C@@H](O)[C@H]3O)[C@@H](O)[C@@H]2O)cc([N+](=O)[O-])c1. The van der Waals surface area contributed by atoms with Crippen LogP contribution in [0.15, 0.2) is 18.2 Å². The molecule has 0 bridgehead atoms. The number of carbonyl (C=O) groups is 1. The first-order chi connectivity index (χ1) is 16.5. The molecule has 1 aromatic rings. The predicted molar refractivity (Wildman–Crippen MR) is 110 cm³/mol. The summed E-state index contributed by atoms with van der Waals surface area (Å²) in [5.74, 6) is -1.46. The second-order valence-corrected chi connectivity index (χ2v) is 8.03. The average Bonchev–Trinajstić information content (AvgIpc) is 2.83. The molecule has 35 heavy (non-hydrogen) atoms. The van der Waals surface area contributed by atoms with Gasteiger partial charge in [0.05, 0.1) is 23.7 Å². The van der Waals surface area contributed by atoms with Crippen LogP contribution >= 0.6 is 0 Å². The zero-order valence-corrected chi connectivity index (χ0v) is 17.9. The summed E-state index contributed by atoms with van der Waals surface area (Å²) in [4.78, 5) is 21.6. The molecule has 9 N–H and O–H groups in total. The fourth-order valence-corrected chi connectivity index (χ4v) is 3.80. The number of nitrogens with zero attached hydrogens (tertiary/aromatic N) is 1. The van der Waals surface area contributed by atoms with E-state index in [1.165, 1.54) is 0 Å². The van der Waals surface area contributed by atoms with Crippen LogP contribution in [-0.4, -0.2) is 126 Å². The van der Waals surface area contributed by atoms with Gasteiger partial charge in [0.1, 0.15) is 48.8 Å². The minimum absolute atomic E-state index is 0.141. The number of hydrogen-bond donors (Lipinski definition) is 9. The summed E-state index contributed by atoms with van der Waals surface area (Å²) in [5, 5.41) is 92.9. The zero-order valence-electron chi connectivity index (χ0n) is 17.9. The van der Waals surface area contributed by atoms with Crippen LogP contribution in [0.5, 0.6) is 0 Å². The average molecular weight is 506 g/mol. The molecule has 16 nitrogen and oxygen atoms in total. The third kappa shape index (κ3) is 5.67. The molecular formula is C19H26N2O14. The number of aliphatic hydroxyl groups excluding tert-OH is 7. The molecule has 0 amide bonds. The standard InChI is InChI=1S/C19H26N2O14/c22-4-9-11(24)12(25)15(28)19(34-9)35-16-10(5-23)33-17(14(27)13(16)26)20-7-1-6(18(29)30)2-8(3-7)21(31)32/h1-3,9-17,19-20,22-28H,4-5H2,(H,29,30)/t9-,10-,11+,12+,13-,14-,15+,16+,17-,19+/m0/s1. The number of non-ortho nitro benzene ring substituents is 1. The highest BCUT2D eigenvalue weighted by Crippen LogP contribution is 2.30. The molecule has 2 heterocycles. The van der Waals surface area contributed by atoms with E-state index in [-0.39, 0.29) is 5.69 Å². The molecule has 2 fully saturated rings. The molecule has 0 spiro atoms. The van der Waals surface area contributed by atoms with Gasteiger partial charge >= 0.3 is 5.97 Å². The topological polar surface area (TPSA) is 262 Å². The largest absolute Gasteiger partial charge is 0.478 e. The molecule has 1 aromatic carbocycles. The van der Waals surface area contributed by atoms with Gasteiger partial charge in [0.25, 0.3) is 5.69 Å². The van der Waals surface area contributed by atoms with Crippen LogP contribution in [0.4, 0.5) is 11.4 Å². The third-order valence-electron chi connectivity index (χ3n) is 5.69. The zero-order chi connectivity index (χ0) is 26.0. The van der Waals surface area contributed by atoms with Crippen LogP contribution in [0.25, 0.3) is 0 Å². The van der Waals surface area contributed by atoms with Gasteiger partial charge in [-0.3, -0.25) is 10.1 Å². The van der Waals surface area contributed by atoms with Crippen molar-refractivity contribution in [2.45, 2.75) is 61.3 Å². The van der Waals surface area contributed by atoms with Gasteiger partial charge in [0, 0.05) is 17.8 Å². The van der Waals surface area contributed by atoms with Crippen LogP contribution in [0.1, 0.15) is 10.4 Å². The maximum atomic E-state index is 11.3. The first-order valence-corrected chi connectivity index (χ1v) is 10.4. The van der Waals surface area contributed by atoms with Crippen LogP contribution < -0.4 is 5.32 Å². The third-order valence-corrected chi connectivity index (χ3v) is 5.69. The lowest BCUT2D eigenvalue weighted by molar-refractivity contribution is -0.384. The Morgan fingerprint density at radius 2 is 1.60 bits per heavy atom. The van der Waals surface area contributed by atoms with E-state index in [1.807, 2.05) is 0 Å². The molecular weight excluding hydrogens is 480 g/mol. The Morgan fingerprint density at radius 1 is 0.943 bits per heavy atom. The number of hydrogen-bond acceptors (Lipinski definition) is 14. The van der Waals surface area contributed by atoms with Crippen molar-refractivity contribution in [2.75, 3.05) is 18.5 Å². The van der Waals surface area contributed by atoms with Crippen molar-refractivity contribution in [3.8, 4) is 0 Å². The minimum atomic E-state index is -1.83.